The molecule has 0 rings (SSSR count). The van der Waals surface area contributed by atoms with Gasteiger partial charge in [-0.25, -0.2) is 0 Å². The Morgan fingerprint density at radius 2 is 1.47 bits per heavy atom. The summed E-state index contributed by atoms with van der Waals surface area (Å²) in [6.07, 6.45) is 0. The summed E-state index contributed by atoms with van der Waals surface area (Å²) in [5.41, 5.74) is 2.79. The number of hydrogen-bond donors (Lipinski definition) is 1. The van der Waals surface area contributed by atoms with Gasteiger partial charge >= 0.3 is 17.6 Å². The van der Waals surface area contributed by atoms with Crippen LogP contribution in [0.5, 0.6) is 0 Å². The van der Waals surface area contributed by atoms with Gasteiger partial charge in [0.15, 0.2) is 0 Å². The van der Waals surface area contributed by atoms with Gasteiger partial charge in [0.05, 0.1) is 0 Å². The maximum absolute atomic E-state index is 9.19. The minimum atomic E-state index is -3.30. The Morgan fingerprint density at radius 1 is 1.06 bits per heavy atom. The predicted molar refractivity (Wildman–Crippen MR) is 66.9 cm³/mol. The minimum absolute atomic E-state index is 1.25. The van der Waals surface area contributed by atoms with Crippen LogP contribution in [0.25, 0.3) is 0 Å². The Hall–Kier alpha value is -0.109. The molecular formula is C8H17O6Si3. The van der Waals surface area contributed by atoms with Crippen LogP contribution in [0.1, 0.15) is 0 Å². The lowest BCUT2D eigenvalue weighted by Gasteiger charge is -2.33. The summed E-state index contributed by atoms with van der Waals surface area (Å²) in [5, 5.41) is 9.19. The SMILES string of the molecule is C=C[Si](OC)(OC)O[Si](C=C)(OC)OC(O)[Si]. The summed E-state index contributed by atoms with van der Waals surface area (Å²) in [7, 11) is 0.741. The first-order chi connectivity index (χ1) is 7.93. The zero-order chi connectivity index (χ0) is 13.5. The average molecular weight is 293 g/mol. The van der Waals surface area contributed by atoms with Gasteiger partial charge in [0, 0.05) is 21.3 Å². The van der Waals surface area contributed by atoms with Gasteiger partial charge in [0.2, 0.25) is 0 Å². The molecule has 0 saturated heterocycles. The third-order valence-corrected chi connectivity index (χ3v) is 7.80. The summed E-state index contributed by atoms with van der Waals surface area (Å²) in [6, 6.07) is 0. The van der Waals surface area contributed by atoms with Gasteiger partial charge in [-0.1, -0.05) is 13.2 Å². The Labute approximate surface area is 107 Å². The largest absolute Gasteiger partial charge is 0.523 e. The van der Waals surface area contributed by atoms with Crippen LogP contribution in [-0.2, 0) is 21.8 Å². The van der Waals surface area contributed by atoms with Crippen molar-refractivity contribution in [2.24, 2.45) is 0 Å². The van der Waals surface area contributed by atoms with Gasteiger partial charge in [-0.3, -0.25) is 0 Å². The van der Waals surface area contributed by atoms with Gasteiger partial charge in [-0.2, -0.15) is 0 Å². The summed E-state index contributed by atoms with van der Waals surface area (Å²) in [4.78, 5) is 0. The Balaban J connectivity index is 5.07. The standard InChI is InChI=1S/C8H17O6Si3/c1-6-16(10-3,11-4)14-17(7-2,12-5)13-8(9)15/h6-9H,1-2H2,3-5H3. The van der Waals surface area contributed by atoms with Crippen molar-refractivity contribution in [1.29, 1.82) is 0 Å². The smallest absolute Gasteiger partial charge is 0.374 e. The highest BCUT2D eigenvalue weighted by atomic mass is 28.5. The third kappa shape index (κ3) is 4.57. The highest BCUT2D eigenvalue weighted by molar-refractivity contribution is 6.80. The Morgan fingerprint density at radius 3 is 1.71 bits per heavy atom. The molecule has 9 heteroatoms. The molecule has 0 fully saturated rings. The van der Waals surface area contributed by atoms with Crippen molar-refractivity contribution >= 4 is 27.9 Å². The van der Waals surface area contributed by atoms with Crippen molar-refractivity contribution in [1.82, 2.24) is 0 Å². The van der Waals surface area contributed by atoms with E-state index in [-0.39, 0.29) is 0 Å². The van der Waals surface area contributed by atoms with Crippen molar-refractivity contribution < 1.29 is 26.9 Å². The molecule has 0 saturated carbocycles. The maximum atomic E-state index is 9.19. The molecule has 0 aromatic heterocycles. The molecule has 0 aliphatic heterocycles. The molecule has 97 valence electrons. The van der Waals surface area contributed by atoms with E-state index >= 15 is 0 Å². The molecule has 0 spiro atoms. The van der Waals surface area contributed by atoms with Crippen molar-refractivity contribution in [2.45, 2.75) is 5.91 Å². The fourth-order valence-electron chi connectivity index (χ4n) is 1.02. The molecule has 2 atom stereocenters. The molecule has 2 unspecified atom stereocenters. The van der Waals surface area contributed by atoms with Gasteiger partial charge in [-0.05, 0) is 11.4 Å². The van der Waals surface area contributed by atoms with Crippen LogP contribution < -0.4 is 0 Å². The number of aliphatic hydroxyl groups excluding tert-OH is 1. The maximum Gasteiger partial charge on any atom is 0.523 e. The van der Waals surface area contributed by atoms with E-state index in [1.165, 1.54) is 32.7 Å². The van der Waals surface area contributed by atoms with Crippen LogP contribution in [0.15, 0.2) is 24.6 Å². The van der Waals surface area contributed by atoms with Gasteiger partial charge in [0.1, 0.15) is 16.2 Å². The van der Waals surface area contributed by atoms with Crippen LogP contribution in [0.4, 0.5) is 0 Å². The predicted octanol–water partition coefficient (Wildman–Crippen LogP) is -0.269. The van der Waals surface area contributed by atoms with E-state index in [9.17, 15) is 5.11 Å². The van der Waals surface area contributed by atoms with E-state index in [4.69, 9.17) is 21.8 Å². The van der Waals surface area contributed by atoms with Crippen LogP contribution in [0.3, 0.4) is 0 Å². The zero-order valence-electron chi connectivity index (χ0n) is 10.1. The Kier molecular flexibility index (Phi) is 7.31. The molecule has 6 nitrogen and oxygen atoms in total. The van der Waals surface area contributed by atoms with E-state index < -0.39 is 23.5 Å². The van der Waals surface area contributed by atoms with Crippen molar-refractivity contribution in [3.8, 4) is 0 Å². The number of hydrogen-bond acceptors (Lipinski definition) is 6. The fourth-order valence-corrected chi connectivity index (χ4v) is 6.12. The van der Waals surface area contributed by atoms with E-state index in [1.54, 1.807) is 0 Å². The van der Waals surface area contributed by atoms with Crippen LogP contribution >= 0.6 is 0 Å². The Bertz CT molecular complexity index is 258. The first kappa shape index (κ1) is 16.9. The second-order valence-electron chi connectivity index (χ2n) is 2.80. The van der Waals surface area contributed by atoms with Crippen molar-refractivity contribution in [2.75, 3.05) is 21.3 Å². The molecule has 0 amide bonds. The molecule has 1 N–H and O–H groups in total. The van der Waals surface area contributed by atoms with Crippen molar-refractivity contribution in [3.63, 3.8) is 0 Å². The van der Waals surface area contributed by atoms with Crippen LogP contribution in [0.2, 0.25) is 0 Å². The molecule has 0 aliphatic rings. The third-order valence-electron chi connectivity index (χ3n) is 1.91. The summed E-state index contributed by atoms with van der Waals surface area (Å²) in [6.45, 7) is 7.17. The summed E-state index contributed by atoms with van der Waals surface area (Å²) >= 11 is 0. The molecular weight excluding hydrogens is 276 g/mol. The first-order valence-corrected chi connectivity index (χ1v) is 8.81. The van der Waals surface area contributed by atoms with Crippen LogP contribution in [0, 0.1) is 0 Å². The lowest BCUT2D eigenvalue weighted by molar-refractivity contribution is -0.00865. The lowest BCUT2D eigenvalue weighted by atomic mass is 11.3. The monoisotopic (exact) mass is 293 g/mol. The quantitative estimate of drug-likeness (QED) is 0.466. The van der Waals surface area contributed by atoms with Gasteiger partial charge in [0.25, 0.3) is 0 Å². The van der Waals surface area contributed by atoms with E-state index in [2.05, 4.69) is 23.4 Å². The molecule has 17 heavy (non-hydrogen) atoms. The summed E-state index contributed by atoms with van der Waals surface area (Å²) < 4.78 is 26.4. The molecule has 3 radical (unpaired) electrons. The van der Waals surface area contributed by atoms with E-state index in [1.807, 2.05) is 0 Å². The fraction of sp³-hybridized carbons (Fsp3) is 0.500. The minimum Gasteiger partial charge on any atom is -0.374 e. The molecule has 0 aromatic rings. The topological polar surface area (TPSA) is 66.4 Å². The molecule has 0 aliphatic carbocycles. The van der Waals surface area contributed by atoms with Crippen LogP contribution in [-0.4, -0.2) is 60.2 Å². The normalized spacial score (nSPS) is 17.2. The molecule has 0 heterocycles. The second kappa shape index (κ2) is 7.35. The number of aliphatic hydroxyl groups is 1. The van der Waals surface area contributed by atoms with Gasteiger partial charge < -0.3 is 26.9 Å². The highest BCUT2D eigenvalue weighted by Gasteiger charge is 2.50. The number of rotatable bonds is 9. The first-order valence-electron chi connectivity index (χ1n) is 4.63. The van der Waals surface area contributed by atoms with E-state index in [0.29, 0.717) is 0 Å². The highest BCUT2D eigenvalue weighted by Crippen LogP contribution is 2.20. The van der Waals surface area contributed by atoms with Gasteiger partial charge in [-0.15, -0.1) is 0 Å². The summed E-state index contributed by atoms with van der Waals surface area (Å²) in [5.74, 6) is -1.25. The zero-order valence-corrected chi connectivity index (χ0v) is 13.1. The molecule has 0 bridgehead atoms. The second-order valence-corrected chi connectivity index (χ2v) is 8.80. The average Bonchev–Trinajstić information content (AvgIpc) is 2.34. The lowest BCUT2D eigenvalue weighted by Crippen LogP contribution is -2.57. The van der Waals surface area contributed by atoms with Crippen molar-refractivity contribution in [3.05, 3.63) is 24.6 Å². The molecule has 0 aromatic carbocycles. The van der Waals surface area contributed by atoms with E-state index in [0.717, 1.165) is 0 Å².